The Balaban J connectivity index is 1.58. The van der Waals surface area contributed by atoms with Gasteiger partial charge < -0.3 is 15.5 Å². The normalized spacial score (nSPS) is 15.3. The number of nitro groups is 1. The Morgan fingerprint density at radius 1 is 1.10 bits per heavy atom. The van der Waals surface area contributed by atoms with Gasteiger partial charge in [0.25, 0.3) is 5.69 Å². The predicted octanol–water partition coefficient (Wildman–Crippen LogP) is 3.12. The van der Waals surface area contributed by atoms with E-state index in [1.807, 2.05) is 38.1 Å². The summed E-state index contributed by atoms with van der Waals surface area (Å²) in [4.78, 5) is 37.7. The van der Waals surface area contributed by atoms with Crippen LogP contribution in [-0.2, 0) is 22.6 Å². The van der Waals surface area contributed by atoms with Gasteiger partial charge in [-0.15, -0.1) is 0 Å². The maximum atomic E-state index is 12.9. The summed E-state index contributed by atoms with van der Waals surface area (Å²) in [6, 6.07) is 13.5. The molecule has 0 fully saturated rings. The Bertz CT molecular complexity index is 943. The quantitative estimate of drug-likeness (QED) is 0.385. The molecule has 0 bridgehead atoms. The summed E-state index contributed by atoms with van der Waals surface area (Å²) in [5, 5.41) is 16.8. The molecule has 1 heterocycles. The summed E-state index contributed by atoms with van der Waals surface area (Å²) in [6.45, 7) is 5.28. The summed E-state index contributed by atoms with van der Waals surface area (Å²) >= 11 is 0. The minimum absolute atomic E-state index is 0.00587. The van der Waals surface area contributed by atoms with E-state index in [4.69, 9.17) is 0 Å². The maximum Gasteiger partial charge on any atom is 0.269 e. The molecule has 1 aliphatic rings. The fourth-order valence-electron chi connectivity index (χ4n) is 3.70. The van der Waals surface area contributed by atoms with Crippen molar-refractivity contribution in [1.82, 2.24) is 10.2 Å². The zero-order valence-electron chi connectivity index (χ0n) is 17.8. The lowest BCUT2D eigenvalue weighted by Gasteiger charge is -2.36. The lowest BCUT2D eigenvalue weighted by molar-refractivity contribution is -0.384. The monoisotopic (exact) mass is 424 g/mol. The van der Waals surface area contributed by atoms with Crippen molar-refractivity contribution in [2.75, 3.05) is 18.4 Å². The van der Waals surface area contributed by atoms with Crippen LogP contribution in [0.1, 0.15) is 31.4 Å². The molecule has 1 aliphatic heterocycles. The summed E-state index contributed by atoms with van der Waals surface area (Å²) in [5.74, 6) is 0.0463. The van der Waals surface area contributed by atoms with E-state index in [0.717, 1.165) is 16.8 Å². The second kappa shape index (κ2) is 10.1. The molecule has 1 unspecified atom stereocenters. The first-order valence-electron chi connectivity index (χ1n) is 10.5. The van der Waals surface area contributed by atoms with E-state index >= 15 is 0 Å². The van der Waals surface area contributed by atoms with Gasteiger partial charge in [-0.3, -0.25) is 19.7 Å². The topological polar surface area (TPSA) is 105 Å². The van der Waals surface area contributed by atoms with E-state index in [0.29, 0.717) is 32.5 Å². The minimum Gasteiger partial charge on any atom is -0.383 e. The van der Waals surface area contributed by atoms with Crippen molar-refractivity contribution in [2.24, 2.45) is 5.92 Å². The van der Waals surface area contributed by atoms with Gasteiger partial charge in [0.15, 0.2) is 0 Å². The van der Waals surface area contributed by atoms with Gasteiger partial charge in [-0.25, -0.2) is 0 Å². The number of hydrogen-bond donors (Lipinski definition) is 2. The van der Waals surface area contributed by atoms with Crippen LogP contribution in [0, 0.1) is 16.0 Å². The third-order valence-electron chi connectivity index (χ3n) is 5.29. The number of nitrogens with zero attached hydrogens (tertiary/aromatic N) is 2. The van der Waals surface area contributed by atoms with E-state index in [1.165, 1.54) is 12.1 Å². The van der Waals surface area contributed by atoms with Gasteiger partial charge in [-0.05, 0) is 29.2 Å². The summed E-state index contributed by atoms with van der Waals surface area (Å²) in [5.41, 5.74) is 2.95. The highest BCUT2D eigenvalue weighted by Crippen LogP contribution is 2.25. The number of carbonyl (C=O) groups excluding carboxylic acids is 2. The first-order valence-corrected chi connectivity index (χ1v) is 10.5. The van der Waals surface area contributed by atoms with Crippen LogP contribution >= 0.6 is 0 Å². The fraction of sp³-hybridized carbons (Fsp3) is 0.391. The number of fused-ring (bicyclic) bond motifs is 1. The molecule has 2 amide bonds. The fourth-order valence-corrected chi connectivity index (χ4v) is 3.70. The molecule has 2 aromatic rings. The Hall–Kier alpha value is -3.42. The molecule has 8 nitrogen and oxygen atoms in total. The van der Waals surface area contributed by atoms with Gasteiger partial charge in [0.05, 0.1) is 4.92 Å². The van der Waals surface area contributed by atoms with Crippen LogP contribution in [0.15, 0.2) is 48.5 Å². The number of nitro benzene ring substituents is 1. The van der Waals surface area contributed by atoms with E-state index in [2.05, 4.69) is 10.6 Å². The molecule has 3 rings (SSSR count). The van der Waals surface area contributed by atoms with Crippen molar-refractivity contribution in [3.8, 4) is 0 Å². The molecule has 0 saturated heterocycles. The Morgan fingerprint density at radius 2 is 1.77 bits per heavy atom. The lowest BCUT2D eigenvalue weighted by atomic mass is 9.92. The summed E-state index contributed by atoms with van der Waals surface area (Å²) in [6.07, 6.45) is 0.912. The number of rotatable bonds is 8. The number of benzene rings is 2. The molecule has 31 heavy (non-hydrogen) atoms. The van der Waals surface area contributed by atoms with Gasteiger partial charge in [0.2, 0.25) is 11.8 Å². The van der Waals surface area contributed by atoms with Crippen LogP contribution in [0.4, 0.5) is 11.4 Å². The standard InChI is InChI=1S/C23H28N4O4/c1-16(2)13-22(28)26-15-18-6-4-3-5-17(18)14-21(26)23(29)25-12-11-24-19-7-9-20(10-8-19)27(30)31/h3-10,16,21,24H,11-15H2,1-2H3,(H,25,29). The van der Waals surface area contributed by atoms with Gasteiger partial charge in [-0.1, -0.05) is 38.1 Å². The lowest BCUT2D eigenvalue weighted by Crippen LogP contribution is -2.53. The maximum absolute atomic E-state index is 12.9. The molecule has 0 saturated carbocycles. The van der Waals surface area contributed by atoms with Gasteiger partial charge in [0.1, 0.15) is 6.04 Å². The average Bonchev–Trinajstić information content (AvgIpc) is 2.75. The molecule has 1 atom stereocenters. The third kappa shape index (κ3) is 5.81. The third-order valence-corrected chi connectivity index (χ3v) is 5.29. The zero-order chi connectivity index (χ0) is 22.4. The predicted molar refractivity (Wildman–Crippen MR) is 119 cm³/mol. The Morgan fingerprint density at radius 3 is 2.42 bits per heavy atom. The second-order valence-corrected chi connectivity index (χ2v) is 8.13. The van der Waals surface area contributed by atoms with Crippen LogP contribution in [0.5, 0.6) is 0 Å². The number of hydrogen-bond acceptors (Lipinski definition) is 5. The summed E-state index contributed by atoms with van der Waals surface area (Å²) < 4.78 is 0. The number of non-ortho nitro benzene ring substituents is 1. The van der Waals surface area contributed by atoms with Crippen LogP contribution < -0.4 is 10.6 Å². The molecule has 0 radical (unpaired) electrons. The van der Waals surface area contributed by atoms with Crippen molar-refractivity contribution in [3.63, 3.8) is 0 Å². The SMILES string of the molecule is CC(C)CC(=O)N1Cc2ccccc2CC1C(=O)NCCNc1ccc([N+](=O)[O-])cc1. The van der Waals surface area contributed by atoms with Crippen LogP contribution in [0.2, 0.25) is 0 Å². The van der Waals surface area contributed by atoms with E-state index in [1.54, 1.807) is 17.0 Å². The van der Waals surface area contributed by atoms with E-state index in [9.17, 15) is 19.7 Å². The van der Waals surface area contributed by atoms with Crippen LogP contribution in [0.3, 0.4) is 0 Å². The number of nitrogens with one attached hydrogen (secondary N) is 2. The summed E-state index contributed by atoms with van der Waals surface area (Å²) in [7, 11) is 0. The van der Waals surface area contributed by atoms with Crippen molar-refractivity contribution in [2.45, 2.75) is 39.3 Å². The Labute approximate surface area is 181 Å². The number of amides is 2. The molecule has 8 heteroatoms. The van der Waals surface area contributed by atoms with Gasteiger partial charge >= 0.3 is 0 Å². The van der Waals surface area contributed by atoms with E-state index < -0.39 is 11.0 Å². The average molecular weight is 425 g/mol. The molecule has 164 valence electrons. The molecule has 0 aliphatic carbocycles. The van der Waals surface area contributed by atoms with E-state index in [-0.39, 0.29) is 23.4 Å². The van der Waals surface area contributed by atoms with Gasteiger partial charge in [-0.2, -0.15) is 0 Å². The smallest absolute Gasteiger partial charge is 0.269 e. The van der Waals surface area contributed by atoms with Gasteiger partial charge in [0, 0.05) is 50.3 Å². The number of anilines is 1. The first kappa shape index (κ1) is 22.3. The highest BCUT2D eigenvalue weighted by Gasteiger charge is 2.34. The first-order chi connectivity index (χ1) is 14.8. The molecule has 0 spiro atoms. The zero-order valence-corrected chi connectivity index (χ0v) is 17.8. The van der Waals surface area contributed by atoms with Crippen molar-refractivity contribution in [3.05, 3.63) is 69.8 Å². The van der Waals surface area contributed by atoms with Crippen LogP contribution in [0.25, 0.3) is 0 Å². The van der Waals surface area contributed by atoms with Crippen molar-refractivity contribution >= 4 is 23.2 Å². The van der Waals surface area contributed by atoms with Crippen molar-refractivity contribution < 1.29 is 14.5 Å². The number of carbonyl (C=O) groups is 2. The largest absolute Gasteiger partial charge is 0.383 e. The highest BCUT2D eigenvalue weighted by atomic mass is 16.6. The Kier molecular flexibility index (Phi) is 7.23. The highest BCUT2D eigenvalue weighted by molar-refractivity contribution is 5.88. The molecule has 0 aromatic heterocycles. The van der Waals surface area contributed by atoms with Crippen LogP contribution in [-0.4, -0.2) is 40.8 Å². The molecular formula is C23H28N4O4. The molecule has 2 aromatic carbocycles. The van der Waals surface area contributed by atoms with Crippen molar-refractivity contribution in [1.29, 1.82) is 0 Å². The minimum atomic E-state index is -0.527. The second-order valence-electron chi connectivity index (χ2n) is 8.13. The molecule has 2 N–H and O–H groups in total. The molecular weight excluding hydrogens is 396 g/mol.